The average Bonchev–Trinajstić information content (AvgIpc) is 3.42. The van der Waals surface area contributed by atoms with Crippen molar-refractivity contribution in [2.45, 2.75) is 18.9 Å². The number of piperidine rings is 1. The van der Waals surface area contributed by atoms with Crippen LogP contribution in [0.1, 0.15) is 24.4 Å². The van der Waals surface area contributed by atoms with Gasteiger partial charge in [-0.1, -0.05) is 35.6 Å². The van der Waals surface area contributed by atoms with E-state index in [1.54, 1.807) is 23.5 Å². The topological polar surface area (TPSA) is 34.0 Å². The molecule has 2 aliphatic heterocycles. The number of nitrogens with zero attached hydrogens (tertiary/aromatic N) is 4. The Morgan fingerprint density at radius 1 is 1.04 bits per heavy atom. The maximum atomic E-state index is 14.7. The third kappa shape index (κ3) is 2.34. The van der Waals surface area contributed by atoms with Gasteiger partial charge in [-0.15, -0.1) is 0 Å². The lowest BCUT2D eigenvalue weighted by Crippen LogP contribution is -2.36. The van der Waals surface area contributed by atoms with E-state index in [1.165, 1.54) is 4.70 Å². The van der Waals surface area contributed by atoms with E-state index in [2.05, 4.69) is 32.7 Å². The van der Waals surface area contributed by atoms with Gasteiger partial charge in [-0.25, -0.2) is 14.4 Å². The third-order valence-electron chi connectivity index (χ3n) is 6.13. The monoisotopic (exact) mass is 390 g/mol. The van der Waals surface area contributed by atoms with Gasteiger partial charge in [-0.05, 0) is 37.0 Å². The highest BCUT2D eigenvalue weighted by atomic mass is 32.1. The maximum Gasteiger partial charge on any atom is 0.186 e. The summed E-state index contributed by atoms with van der Waals surface area (Å²) >= 11 is 1.76. The zero-order valence-corrected chi connectivity index (χ0v) is 16.1. The van der Waals surface area contributed by atoms with E-state index in [1.807, 2.05) is 24.7 Å². The van der Waals surface area contributed by atoms with Gasteiger partial charge in [0.1, 0.15) is 5.82 Å². The molecule has 0 spiro atoms. The second-order valence-electron chi connectivity index (χ2n) is 7.62. The zero-order chi connectivity index (χ0) is 18.7. The molecule has 0 saturated carbocycles. The van der Waals surface area contributed by atoms with E-state index in [-0.39, 0.29) is 11.9 Å². The van der Waals surface area contributed by atoms with Gasteiger partial charge in [0.2, 0.25) is 0 Å². The number of imidazole rings is 1. The van der Waals surface area contributed by atoms with Gasteiger partial charge in [0.25, 0.3) is 0 Å². The molecule has 2 aromatic heterocycles. The lowest BCUT2D eigenvalue weighted by Gasteiger charge is -2.35. The molecule has 1 unspecified atom stereocenters. The van der Waals surface area contributed by atoms with Gasteiger partial charge in [-0.3, -0.25) is 0 Å². The number of para-hydroxylation sites is 1. The van der Waals surface area contributed by atoms with Crippen molar-refractivity contribution in [3.8, 4) is 11.3 Å². The first-order valence-electron chi connectivity index (χ1n) is 9.71. The van der Waals surface area contributed by atoms with E-state index in [0.717, 1.165) is 53.4 Å². The summed E-state index contributed by atoms with van der Waals surface area (Å²) < 4.78 is 18.1. The summed E-state index contributed by atoms with van der Waals surface area (Å²) in [6.45, 7) is 1.91. The first kappa shape index (κ1) is 16.2. The highest BCUT2D eigenvalue weighted by Gasteiger charge is 2.38. The first-order valence-corrected chi connectivity index (χ1v) is 10.5. The Morgan fingerprint density at radius 2 is 1.89 bits per heavy atom. The van der Waals surface area contributed by atoms with E-state index >= 15 is 0 Å². The van der Waals surface area contributed by atoms with Crippen LogP contribution in [0.4, 0.5) is 9.52 Å². The number of thiazole rings is 1. The van der Waals surface area contributed by atoms with Crippen molar-refractivity contribution < 1.29 is 4.39 Å². The number of aromatic nitrogens is 3. The molecule has 0 radical (unpaired) electrons. The molecule has 4 heterocycles. The van der Waals surface area contributed by atoms with Crippen molar-refractivity contribution in [1.29, 1.82) is 0 Å². The molecule has 0 amide bonds. The molecule has 28 heavy (non-hydrogen) atoms. The molecule has 2 aromatic carbocycles. The smallest absolute Gasteiger partial charge is 0.186 e. The molecule has 6 rings (SSSR count). The summed E-state index contributed by atoms with van der Waals surface area (Å²) in [4.78, 5) is 11.5. The summed E-state index contributed by atoms with van der Waals surface area (Å²) in [5.74, 6) is 0.302. The van der Waals surface area contributed by atoms with Gasteiger partial charge in [-0.2, -0.15) is 0 Å². The molecule has 1 fully saturated rings. The molecule has 0 aliphatic carbocycles. The van der Waals surface area contributed by atoms with Crippen LogP contribution in [0.3, 0.4) is 0 Å². The second kappa shape index (κ2) is 6.14. The van der Waals surface area contributed by atoms with Crippen molar-refractivity contribution in [3.63, 3.8) is 0 Å². The number of fused-ring (bicyclic) bond motifs is 4. The summed E-state index contributed by atoms with van der Waals surface area (Å²) in [5, 5.41) is 1.10. The van der Waals surface area contributed by atoms with E-state index in [0.29, 0.717) is 5.92 Å². The van der Waals surface area contributed by atoms with E-state index < -0.39 is 0 Å². The Balaban J connectivity index is 1.28. The molecule has 0 N–H and O–H groups in total. The second-order valence-corrected chi connectivity index (χ2v) is 8.63. The number of anilines is 1. The quantitative estimate of drug-likeness (QED) is 0.476. The normalized spacial score (nSPS) is 19.2. The zero-order valence-electron chi connectivity index (χ0n) is 15.3. The predicted octanol–water partition coefficient (Wildman–Crippen LogP) is 5.12. The maximum absolute atomic E-state index is 14.7. The fourth-order valence-corrected chi connectivity index (χ4v) is 5.82. The Bertz CT molecular complexity index is 1140. The molecule has 6 heteroatoms. The summed E-state index contributed by atoms with van der Waals surface area (Å²) in [6, 6.07) is 13.7. The lowest BCUT2D eigenvalue weighted by molar-refractivity contribution is 0.312. The third-order valence-corrected chi connectivity index (χ3v) is 7.23. The van der Waals surface area contributed by atoms with Crippen molar-refractivity contribution in [2.24, 2.45) is 5.92 Å². The Hall–Kier alpha value is -2.73. The average molecular weight is 390 g/mol. The molecule has 2 aliphatic rings. The summed E-state index contributed by atoms with van der Waals surface area (Å²) in [6.07, 6.45) is 5.76. The van der Waals surface area contributed by atoms with Crippen LogP contribution in [0.15, 0.2) is 55.0 Å². The molecule has 4 nitrogen and oxygen atoms in total. The summed E-state index contributed by atoms with van der Waals surface area (Å²) in [5.41, 5.74) is 3.95. The SMILES string of the molecule is Fc1cccc2c1C(C1CCN(c3nc4ccccc4s3)CC1)n1cncc1-2. The van der Waals surface area contributed by atoms with Crippen molar-refractivity contribution >= 4 is 26.7 Å². The minimum atomic E-state index is -0.0974. The molecular formula is C22H19FN4S. The minimum Gasteiger partial charge on any atom is -0.348 e. The molecule has 1 atom stereocenters. The van der Waals surface area contributed by atoms with Crippen molar-refractivity contribution in [2.75, 3.05) is 18.0 Å². The Kier molecular flexibility index (Phi) is 3.56. The largest absolute Gasteiger partial charge is 0.348 e. The lowest BCUT2D eigenvalue weighted by atomic mass is 9.85. The van der Waals surface area contributed by atoms with Crippen LogP contribution in [0.5, 0.6) is 0 Å². The number of benzene rings is 2. The van der Waals surface area contributed by atoms with E-state index in [9.17, 15) is 4.39 Å². The summed E-state index contributed by atoms with van der Waals surface area (Å²) in [7, 11) is 0. The van der Waals surface area contributed by atoms with Crippen LogP contribution in [0.25, 0.3) is 21.5 Å². The number of halogens is 1. The van der Waals surface area contributed by atoms with Crippen molar-refractivity contribution in [1.82, 2.24) is 14.5 Å². The molecule has 1 saturated heterocycles. The van der Waals surface area contributed by atoms with Gasteiger partial charge in [0.05, 0.1) is 34.5 Å². The van der Waals surface area contributed by atoms with Crippen LogP contribution in [0, 0.1) is 11.7 Å². The standard InChI is InChI=1S/C22H19FN4S/c23-16-5-3-4-15-18-12-24-13-27(18)21(20(15)16)14-8-10-26(11-9-14)22-25-17-6-1-2-7-19(17)28-22/h1-7,12-14,21H,8-11H2. The van der Waals surface area contributed by atoms with Crippen LogP contribution in [0.2, 0.25) is 0 Å². The number of hydrogen-bond acceptors (Lipinski definition) is 4. The minimum absolute atomic E-state index is 0.0474. The van der Waals surface area contributed by atoms with Crippen LogP contribution >= 0.6 is 11.3 Å². The van der Waals surface area contributed by atoms with Crippen molar-refractivity contribution in [3.05, 3.63) is 66.4 Å². The highest BCUT2D eigenvalue weighted by Crippen LogP contribution is 2.47. The van der Waals surface area contributed by atoms with Gasteiger partial charge in [0, 0.05) is 24.2 Å². The number of rotatable bonds is 2. The Morgan fingerprint density at radius 3 is 2.75 bits per heavy atom. The van der Waals surface area contributed by atoms with Gasteiger partial charge in [0.15, 0.2) is 5.13 Å². The van der Waals surface area contributed by atoms with Gasteiger partial charge >= 0.3 is 0 Å². The first-order chi connectivity index (χ1) is 13.8. The van der Waals surface area contributed by atoms with Crippen LogP contribution in [-0.4, -0.2) is 27.6 Å². The molecule has 0 bridgehead atoms. The van der Waals surface area contributed by atoms with Gasteiger partial charge < -0.3 is 9.47 Å². The molecule has 4 aromatic rings. The van der Waals surface area contributed by atoms with Crippen LogP contribution in [-0.2, 0) is 0 Å². The molecular weight excluding hydrogens is 371 g/mol. The van der Waals surface area contributed by atoms with E-state index in [4.69, 9.17) is 4.98 Å². The Labute approximate surface area is 166 Å². The fourth-order valence-electron chi connectivity index (χ4n) is 4.80. The predicted molar refractivity (Wildman–Crippen MR) is 110 cm³/mol. The number of hydrogen-bond donors (Lipinski definition) is 0. The highest BCUT2D eigenvalue weighted by molar-refractivity contribution is 7.22. The van der Waals surface area contributed by atoms with Crippen LogP contribution < -0.4 is 4.90 Å². The molecule has 140 valence electrons. The fraction of sp³-hybridized carbons (Fsp3) is 0.273.